The predicted octanol–water partition coefficient (Wildman–Crippen LogP) is 2.66. The molecule has 20 heavy (non-hydrogen) atoms. The van der Waals surface area contributed by atoms with Gasteiger partial charge in [-0.25, -0.2) is 0 Å². The van der Waals surface area contributed by atoms with E-state index >= 15 is 0 Å². The molecule has 1 aromatic carbocycles. The fourth-order valence-electron chi connectivity index (χ4n) is 2.47. The fraction of sp³-hybridized carbons (Fsp3) is 0.533. The number of carbonyl (C=O) groups excluding carboxylic acids is 1. The normalized spacial score (nSPS) is 23.8. The Kier molecular flexibility index (Phi) is 3.27. The molecule has 0 N–H and O–H groups in total. The average molecular weight is 290 g/mol. The Bertz CT molecular complexity index is 552. The molecule has 0 radical (unpaired) electrons. The van der Waals surface area contributed by atoms with Crippen molar-refractivity contribution in [3.8, 4) is 0 Å². The van der Waals surface area contributed by atoms with Gasteiger partial charge < -0.3 is 9.31 Å². The maximum atomic E-state index is 12.0. The first-order valence-corrected chi connectivity index (χ1v) is 7.95. The monoisotopic (exact) mass is 290 g/mol. The highest BCUT2D eigenvalue weighted by Gasteiger charge is 2.52. The molecule has 0 atom stereocenters. The molecule has 0 saturated carbocycles. The second-order valence-corrected chi connectivity index (χ2v) is 7.44. The Labute approximate surface area is 124 Å². The first-order chi connectivity index (χ1) is 9.32. The number of benzene rings is 1. The lowest BCUT2D eigenvalue weighted by atomic mass is 9.78. The van der Waals surface area contributed by atoms with Gasteiger partial charge in [0.15, 0.2) is 5.78 Å². The van der Waals surface area contributed by atoms with Crippen molar-refractivity contribution in [3.05, 3.63) is 23.8 Å². The summed E-state index contributed by atoms with van der Waals surface area (Å²) in [5.41, 5.74) is 1.08. The minimum Gasteiger partial charge on any atom is -0.399 e. The van der Waals surface area contributed by atoms with E-state index < -0.39 is 7.12 Å². The Morgan fingerprint density at radius 1 is 1.15 bits per heavy atom. The van der Waals surface area contributed by atoms with Crippen LogP contribution in [0.1, 0.15) is 44.5 Å². The van der Waals surface area contributed by atoms with Gasteiger partial charge in [-0.15, -0.1) is 11.8 Å². The Hall–Kier alpha value is -0.775. The maximum absolute atomic E-state index is 12.0. The highest BCUT2D eigenvalue weighted by atomic mass is 32.2. The number of carbonyl (C=O) groups is 1. The van der Waals surface area contributed by atoms with E-state index in [4.69, 9.17) is 9.31 Å². The third kappa shape index (κ3) is 2.12. The zero-order valence-electron chi connectivity index (χ0n) is 12.4. The first-order valence-electron chi connectivity index (χ1n) is 6.96. The van der Waals surface area contributed by atoms with E-state index in [1.807, 2.05) is 45.9 Å². The minimum absolute atomic E-state index is 0.220. The van der Waals surface area contributed by atoms with Gasteiger partial charge in [-0.05, 0) is 33.2 Å². The molecule has 1 saturated heterocycles. The number of ketones is 1. The number of rotatable bonds is 1. The molecule has 0 unspecified atom stereocenters. The second kappa shape index (κ2) is 4.62. The summed E-state index contributed by atoms with van der Waals surface area (Å²) in [6.45, 7) is 8.17. The second-order valence-electron chi connectivity index (χ2n) is 6.33. The predicted molar refractivity (Wildman–Crippen MR) is 81.8 cm³/mol. The Morgan fingerprint density at radius 2 is 1.80 bits per heavy atom. The zero-order chi connectivity index (χ0) is 14.5. The van der Waals surface area contributed by atoms with Gasteiger partial charge in [0.05, 0.1) is 11.2 Å². The summed E-state index contributed by atoms with van der Waals surface area (Å²) >= 11 is 1.73. The van der Waals surface area contributed by atoms with Gasteiger partial charge in [0.2, 0.25) is 0 Å². The minimum atomic E-state index is -0.395. The third-order valence-electron chi connectivity index (χ3n) is 4.43. The largest absolute Gasteiger partial charge is 0.496 e. The summed E-state index contributed by atoms with van der Waals surface area (Å²) in [5.74, 6) is 1.06. The van der Waals surface area contributed by atoms with E-state index in [0.29, 0.717) is 6.42 Å². The van der Waals surface area contributed by atoms with Crippen LogP contribution >= 0.6 is 11.8 Å². The average Bonchev–Trinajstić information content (AvgIpc) is 2.58. The van der Waals surface area contributed by atoms with Crippen LogP contribution in [0.15, 0.2) is 23.1 Å². The SMILES string of the molecule is CC1(C)OB(c2cccc3c2SCCC3=O)OC1(C)C. The quantitative estimate of drug-likeness (QED) is 0.745. The van der Waals surface area contributed by atoms with Gasteiger partial charge in [0.25, 0.3) is 0 Å². The molecule has 5 heteroatoms. The maximum Gasteiger partial charge on any atom is 0.496 e. The van der Waals surface area contributed by atoms with E-state index in [-0.39, 0.29) is 17.0 Å². The van der Waals surface area contributed by atoms with E-state index in [0.717, 1.165) is 21.7 Å². The van der Waals surface area contributed by atoms with Crippen molar-refractivity contribution in [2.45, 2.75) is 50.2 Å². The van der Waals surface area contributed by atoms with Gasteiger partial charge in [0.1, 0.15) is 0 Å². The van der Waals surface area contributed by atoms with Crippen molar-refractivity contribution in [2.75, 3.05) is 5.75 Å². The summed E-state index contributed by atoms with van der Waals surface area (Å²) in [6, 6.07) is 5.83. The van der Waals surface area contributed by atoms with Crippen LogP contribution in [0.2, 0.25) is 0 Å². The summed E-state index contributed by atoms with van der Waals surface area (Å²) in [6.07, 6.45) is 0.616. The number of hydrogen-bond donors (Lipinski definition) is 0. The lowest BCUT2D eigenvalue weighted by Crippen LogP contribution is -2.41. The van der Waals surface area contributed by atoms with Crippen LogP contribution < -0.4 is 5.46 Å². The van der Waals surface area contributed by atoms with Crippen molar-refractivity contribution in [1.82, 2.24) is 0 Å². The van der Waals surface area contributed by atoms with Crippen LogP contribution in [-0.4, -0.2) is 29.9 Å². The number of fused-ring (bicyclic) bond motifs is 1. The Balaban J connectivity index is 2.01. The van der Waals surface area contributed by atoms with Crippen LogP contribution in [0.25, 0.3) is 0 Å². The third-order valence-corrected chi connectivity index (χ3v) is 5.58. The molecule has 106 valence electrons. The van der Waals surface area contributed by atoms with Gasteiger partial charge in [-0.3, -0.25) is 4.79 Å². The van der Waals surface area contributed by atoms with Crippen molar-refractivity contribution < 1.29 is 14.1 Å². The van der Waals surface area contributed by atoms with Crippen LogP contribution in [0.4, 0.5) is 0 Å². The molecular weight excluding hydrogens is 271 g/mol. The summed E-state index contributed by atoms with van der Waals surface area (Å²) in [5, 5.41) is 0. The van der Waals surface area contributed by atoms with E-state index in [9.17, 15) is 4.79 Å². The first kappa shape index (κ1) is 14.2. The topological polar surface area (TPSA) is 35.5 Å². The number of thioether (sulfide) groups is 1. The molecule has 3 nitrogen and oxygen atoms in total. The van der Waals surface area contributed by atoms with Crippen molar-refractivity contribution in [3.63, 3.8) is 0 Å². The number of Topliss-reactive ketones (excluding diaryl/α,β-unsaturated/α-hetero) is 1. The molecular formula is C15H19BO3S. The van der Waals surface area contributed by atoms with Gasteiger partial charge >= 0.3 is 7.12 Å². The molecule has 2 aliphatic rings. The van der Waals surface area contributed by atoms with Gasteiger partial charge in [-0.1, -0.05) is 18.2 Å². The van der Waals surface area contributed by atoms with E-state index in [1.54, 1.807) is 11.8 Å². The van der Waals surface area contributed by atoms with E-state index in [2.05, 4.69) is 0 Å². The molecule has 0 aromatic heterocycles. The molecule has 0 amide bonds. The molecule has 2 heterocycles. The summed E-state index contributed by atoms with van der Waals surface area (Å²) in [4.78, 5) is 13.0. The van der Waals surface area contributed by atoms with Crippen molar-refractivity contribution in [2.24, 2.45) is 0 Å². The molecule has 2 aliphatic heterocycles. The smallest absolute Gasteiger partial charge is 0.399 e. The van der Waals surface area contributed by atoms with Crippen LogP contribution in [0.5, 0.6) is 0 Å². The summed E-state index contributed by atoms with van der Waals surface area (Å²) in [7, 11) is -0.395. The highest BCUT2D eigenvalue weighted by Crippen LogP contribution is 2.38. The molecule has 1 fully saturated rings. The fourth-order valence-corrected chi connectivity index (χ4v) is 3.63. The molecule has 3 rings (SSSR count). The van der Waals surface area contributed by atoms with Crippen LogP contribution in [0, 0.1) is 0 Å². The van der Waals surface area contributed by atoms with Crippen LogP contribution in [0.3, 0.4) is 0 Å². The molecule has 0 bridgehead atoms. The lowest BCUT2D eigenvalue weighted by Gasteiger charge is -2.32. The molecule has 0 aliphatic carbocycles. The zero-order valence-corrected chi connectivity index (χ0v) is 13.2. The van der Waals surface area contributed by atoms with Gasteiger partial charge in [-0.2, -0.15) is 0 Å². The summed E-state index contributed by atoms with van der Waals surface area (Å²) < 4.78 is 12.2. The molecule has 0 spiro atoms. The van der Waals surface area contributed by atoms with Crippen molar-refractivity contribution in [1.29, 1.82) is 0 Å². The Morgan fingerprint density at radius 3 is 2.45 bits per heavy atom. The lowest BCUT2D eigenvalue weighted by molar-refractivity contribution is 0.00578. The van der Waals surface area contributed by atoms with Crippen molar-refractivity contribution >= 4 is 30.1 Å². The number of hydrogen-bond acceptors (Lipinski definition) is 4. The standard InChI is InChI=1S/C15H19BO3S/c1-14(2)15(3,4)19-16(18-14)11-7-5-6-10-12(17)8-9-20-13(10)11/h5-7H,8-9H2,1-4H3. The van der Waals surface area contributed by atoms with Crippen LogP contribution in [-0.2, 0) is 9.31 Å². The van der Waals surface area contributed by atoms with Gasteiger partial charge in [0, 0.05) is 22.6 Å². The highest BCUT2D eigenvalue weighted by molar-refractivity contribution is 7.99. The molecule has 1 aromatic rings. The van der Waals surface area contributed by atoms with E-state index in [1.165, 1.54) is 0 Å².